The van der Waals surface area contributed by atoms with E-state index in [4.69, 9.17) is 0 Å². The van der Waals surface area contributed by atoms with Crippen molar-refractivity contribution in [1.82, 2.24) is 0 Å². The molecule has 56 valence electrons. The molecule has 0 fully saturated rings. The van der Waals surface area contributed by atoms with Gasteiger partial charge < -0.3 is 0 Å². The summed E-state index contributed by atoms with van der Waals surface area (Å²) in [5.41, 5.74) is 0. The van der Waals surface area contributed by atoms with Crippen molar-refractivity contribution >= 4 is 23.5 Å². The maximum Gasteiger partial charge on any atom is 0.0135 e. The summed E-state index contributed by atoms with van der Waals surface area (Å²) < 4.78 is 0. The lowest BCUT2D eigenvalue weighted by Gasteiger charge is -2.09. The van der Waals surface area contributed by atoms with Crippen LogP contribution in [0.1, 0.15) is 19.8 Å². The molecule has 0 aromatic carbocycles. The third kappa shape index (κ3) is 5.16. The van der Waals surface area contributed by atoms with Crippen molar-refractivity contribution in [2.24, 2.45) is 0 Å². The minimum Gasteiger partial charge on any atom is -0.164 e. The summed E-state index contributed by atoms with van der Waals surface area (Å²) in [6.07, 6.45) is 7.09. The SMILES string of the molecule is CCCC(CSC)SC. The Morgan fingerprint density at radius 1 is 1.33 bits per heavy atom. The number of hydrogen-bond donors (Lipinski definition) is 0. The summed E-state index contributed by atoms with van der Waals surface area (Å²) in [6, 6.07) is 0. The minimum atomic E-state index is 0.894. The highest BCUT2D eigenvalue weighted by Crippen LogP contribution is 2.16. The molecular formula is C7H16S2. The zero-order valence-corrected chi connectivity index (χ0v) is 8.15. The Morgan fingerprint density at radius 2 is 2.00 bits per heavy atom. The first-order valence-corrected chi connectivity index (χ1v) is 6.05. The van der Waals surface area contributed by atoms with Crippen LogP contribution < -0.4 is 0 Å². The number of thioether (sulfide) groups is 2. The summed E-state index contributed by atoms with van der Waals surface area (Å²) in [6.45, 7) is 2.25. The van der Waals surface area contributed by atoms with Crippen molar-refractivity contribution in [3.8, 4) is 0 Å². The van der Waals surface area contributed by atoms with Crippen molar-refractivity contribution in [2.75, 3.05) is 18.3 Å². The fourth-order valence-electron chi connectivity index (χ4n) is 0.777. The van der Waals surface area contributed by atoms with Gasteiger partial charge in [0.15, 0.2) is 0 Å². The van der Waals surface area contributed by atoms with Gasteiger partial charge in [0, 0.05) is 11.0 Å². The summed E-state index contributed by atoms with van der Waals surface area (Å²) in [5, 5.41) is 0.894. The molecule has 0 saturated heterocycles. The van der Waals surface area contributed by atoms with Crippen LogP contribution in [0, 0.1) is 0 Å². The van der Waals surface area contributed by atoms with Gasteiger partial charge in [0.1, 0.15) is 0 Å². The molecule has 0 aliphatic heterocycles. The predicted octanol–water partition coefficient (Wildman–Crippen LogP) is 2.88. The van der Waals surface area contributed by atoms with Crippen molar-refractivity contribution in [1.29, 1.82) is 0 Å². The second-order valence-electron chi connectivity index (χ2n) is 2.10. The molecule has 9 heavy (non-hydrogen) atoms. The van der Waals surface area contributed by atoms with Gasteiger partial charge in [-0.25, -0.2) is 0 Å². The van der Waals surface area contributed by atoms with Crippen LogP contribution in [0.15, 0.2) is 0 Å². The Hall–Kier alpha value is 0.700. The highest BCUT2D eigenvalue weighted by molar-refractivity contribution is 8.02. The van der Waals surface area contributed by atoms with E-state index in [2.05, 4.69) is 19.4 Å². The number of rotatable bonds is 5. The Bertz CT molecular complexity index is 48.9. The second-order valence-corrected chi connectivity index (χ2v) is 4.15. The number of hydrogen-bond acceptors (Lipinski definition) is 2. The molecular weight excluding hydrogens is 148 g/mol. The second kappa shape index (κ2) is 6.81. The zero-order valence-electron chi connectivity index (χ0n) is 6.52. The summed E-state index contributed by atoms with van der Waals surface area (Å²) in [4.78, 5) is 0. The van der Waals surface area contributed by atoms with Gasteiger partial charge in [-0.1, -0.05) is 13.3 Å². The molecule has 0 radical (unpaired) electrons. The highest BCUT2D eigenvalue weighted by atomic mass is 32.2. The quantitative estimate of drug-likeness (QED) is 0.613. The monoisotopic (exact) mass is 164 g/mol. The van der Waals surface area contributed by atoms with Crippen LogP contribution in [0.5, 0.6) is 0 Å². The zero-order chi connectivity index (χ0) is 7.11. The fourth-order valence-corrected chi connectivity index (χ4v) is 2.74. The van der Waals surface area contributed by atoms with Gasteiger partial charge in [0.25, 0.3) is 0 Å². The van der Waals surface area contributed by atoms with E-state index in [1.807, 2.05) is 23.5 Å². The maximum absolute atomic E-state index is 2.25. The molecule has 1 unspecified atom stereocenters. The molecule has 0 N–H and O–H groups in total. The van der Waals surface area contributed by atoms with Crippen LogP contribution in [0.2, 0.25) is 0 Å². The van der Waals surface area contributed by atoms with Crippen LogP contribution in [0.25, 0.3) is 0 Å². The largest absolute Gasteiger partial charge is 0.164 e. The Morgan fingerprint density at radius 3 is 2.33 bits per heavy atom. The van der Waals surface area contributed by atoms with E-state index >= 15 is 0 Å². The first-order valence-electron chi connectivity index (χ1n) is 3.36. The maximum atomic E-state index is 2.25. The van der Waals surface area contributed by atoms with E-state index in [9.17, 15) is 0 Å². The van der Waals surface area contributed by atoms with Crippen molar-refractivity contribution in [3.63, 3.8) is 0 Å². The molecule has 1 atom stereocenters. The Balaban J connectivity index is 3.18. The lowest BCUT2D eigenvalue weighted by Crippen LogP contribution is -2.03. The lowest BCUT2D eigenvalue weighted by molar-refractivity contribution is 0.795. The lowest BCUT2D eigenvalue weighted by atomic mass is 10.3. The first-order chi connectivity index (χ1) is 4.35. The standard InChI is InChI=1S/C7H16S2/c1-4-5-7(9-3)6-8-2/h7H,4-6H2,1-3H3. The van der Waals surface area contributed by atoms with Crippen molar-refractivity contribution in [3.05, 3.63) is 0 Å². The molecule has 0 saturated carbocycles. The summed E-state index contributed by atoms with van der Waals surface area (Å²) in [5.74, 6) is 1.31. The molecule has 2 heteroatoms. The van der Waals surface area contributed by atoms with Crippen LogP contribution in [-0.2, 0) is 0 Å². The van der Waals surface area contributed by atoms with Gasteiger partial charge in [-0.15, -0.1) is 0 Å². The predicted molar refractivity (Wildman–Crippen MR) is 50.6 cm³/mol. The molecule has 0 rings (SSSR count). The van der Waals surface area contributed by atoms with Crippen LogP contribution in [0.4, 0.5) is 0 Å². The molecule has 0 aliphatic rings. The minimum absolute atomic E-state index is 0.894. The van der Waals surface area contributed by atoms with E-state index in [1.165, 1.54) is 18.6 Å². The van der Waals surface area contributed by atoms with Crippen molar-refractivity contribution < 1.29 is 0 Å². The van der Waals surface area contributed by atoms with E-state index in [0.29, 0.717) is 0 Å². The van der Waals surface area contributed by atoms with E-state index < -0.39 is 0 Å². The summed E-state index contributed by atoms with van der Waals surface area (Å²) >= 11 is 3.95. The third-order valence-electron chi connectivity index (χ3n) is 1.30. The van der Waals surface area contributed by atoms with Gasteiger partial charge in [0.2, 0.25) is 0 Å². The van der Waals surface area contributed by atoms with E-state index in [1.54, 1.807) is 0 Å². The molecule has 0 bridgehead atoms. The van der Waals surface area contributed by atoms with E-state index in [-0.39, 0.29) is 0 Å². The molecule has 0 aromatic rings. The van der Waals surface area contributed by atoms with E-state index in [0.717, 1.165) is 5.25 Å². The summed E-state index contributed by atoms with van der Waals surface area (Å²) in [7, 11) is 0. The Labute approximate surface area is 67.2 Å². The smallest absolute Gasteiger partial charge is 0.0135 e. The molecule has 0 amide bonds. The van der Waals surface area contributed by atoms with Crippen molar-refractivity contribution in [2.45, 2.75) is 25.0 Å². The van der Waals surface area contributed by atoms with Crippen LogP contribution in [0.3, 0.4) is 0 Å². The van der Waals surface area contributed by atoms with Gasteiger partial charge in [0.05, 0.1) is 0 Å². The third-order valence-corrected chi connectivity index (χ3v) is 3.31. The topological polar surface area (TPSA) is 0 Å². The fraction of sp³-hybridized carbons (Fsp3) is 1.00. The van der Waals surface area contributed by atoms with Crippen LogP contribution in [-0.4, -0.2) is 23.5 Å². The highest BCUT2D eigenvalue weighted by Gasteiger charge is 2.02. The van der Waals surface area contributed by atoms with Crippen LogP contribution >= 0.6 is 23.5 Å². The Kier molecular flexibility index (Phi) is 7.34. The molecule has 0 aromatic heterocycles. The molecule has 0 nitrogen and oxygen atoms in total. The normalized spacial score (nSPS) is 13.7. The van der Waals surface area contributed by atoms with Gasteiger partial charge in [-0.05, 0) is 18.9 Å². The molecule has 0 spiro atoms. The van der Waals surface area contributed by atoms with Gasteiger partial charge >= 0.3 is 0 Å². The average Bonchev–Trinajstić information content (AvgIpc) is 1.88. The molecule has 0 heterocycles. The molecule has 0 aliphatic carbocycles. The average molecular weight is 164 g/mol. The van der Waals surface area contributed by atoms with Gasteiger partial charge in [-0.2, -0.15) is 23.5 Å². The first kappa shape index (κ1) is 9.70. The van der Waals surface area contributed by atoms with Gasteiger partial charge in [-0.3, -0.25) is 0 Å².